The number of carbonyl (C=O) groups excluding carboxylic acids is 2. The Morgan fingerprint density at radius 3 is 2.73 bits per heavy atom. The molecule has 1 saturated heterocycles. The Kier molecular flexibility index (Phi) is 4.34. The quantitative estimate of drug-likeness (QED) is 0.709. The molecule has 132 valence electrons. The fourth-order valence-corrected chi connectivity index (χ4v) is 3.38. The van der Waals surface area contributed by atoms with Crippen LogP contribution < -0.4 is 16.0 Å². The molecule has 2 amide bonds. The van der Waals surface area contributed by atoms with Crippen LogP contribution in [0.25, 0.3) is 0 Å². The first-order valence-corrected chi connectivity index (χ1v) is 8.83. The molecule has 1 atom stereocenters. The third kappa shape index (κ3) is 3.28. The summed E-state index contributed by atoms with van der Waals surface area (Å²) in [5.41, 5.74) is 2.91. The number of hydrogen-bond donors (Lipinski definition) is 3. The number of fused-ring (bicyclic) bond motifs is 1. The third-order valence-corrected chi connectivity index (χ3v) is 4.80. The maximum Gasteiger partial charge on any atom is 0.358 e. The largest absolute Gasteiger partial charge is 0.358 e. The van der Waals surface area contributed by atoms with Crippen LogP contribution in [0.15, 0.2) is 48.5 Å². The molecule has 1 fully saturated rings. The van der Waals surface area contributed by atoms with Crippen LogP contribution in [-0.2, 0) is 16.0 Å². The summed E-state index contributed by atoms with van der Waals surface area (Å²) >= 11 is 5.86. The number of rotatable bonds is 2. The molecule has 2 aromatic carbocycles. The van der Waals surface area contributed by atoms with E-state index < -0.39 is 6.04 Å². The van der Waals surface area contributed by atoms with Crippen LogP contribution in [0.2, 0.25) is 5.02 Å². The Bertz CT molecular complexity index is 908. The molecular formula is C19H18ClN4O2+. The summed E-state index contributed by atoms with van der Waals surface area (Å²) in [5, 5.41) is 9.44. The molecule has 26 heavy (non-hydrogen) atoms. The lowest BCUT2D eigenvalue weighted by Crippen LogP contribution is -2.59. The molecule has 0 saturated carbocycles. The summed E-state index contributed by atoms with van der Waals surface area (Å²) in [6.07, 6.45) is 0.983. The fraction of sp³-hybridized carbons (Fsp3) is 0.211. The molecule has 6 nitrogen and oxygen atoms in total. The predicted molar refractivity (Wildman–Crippen MR) is 99.7 cm³/mol. The molecule has 2 aliphatic rings. The zero-order chi connectivity index (χ0) is 18.1. The van der Waals surface area contributed by atoms with E-state index in [2.05, 4.69) is 22.0 Å². The van der Waals surface area contributed by atoms with Gasteiger partial charge in [0.15, 0.2) is 6.04 Å². The SMILES string of the molecule is O=C1C[C@H](C(=O)Nc2ccc(Cl)cc2)NC(=[N+]2CCc3ccccc32)N1. The Morgan fingerprint density at radius 1 is 1.15 bits per heavy atom. The van der Waals surface area contributed by atoms with Crippen LogP contribution >= 0.6 is 11.6 Å². The topological polar surface area (TPSA) is 73.2 Å². The van der Waals surface area contributed by atoms with E-state index in [4.69, 9.17) is 11.6 Å². The summed E-state index contributed by atoms with van der Waals surface area (Å²) in [5.74, 6) is 0.119. The second-order valence-electron chi connectivity index (χ2n) is 6.32. The van der Waals surface area contributed by atoms with Gasteiger partial charge in [-0.2, -0.15) is 0 Å². The number of amides is 2. The fourth-order valence-electron chi connectivity index (χ4n) is 3.26. The third-order valence-electron chi connectivity index (χ3n) is 4.54. The molecule has 0 radical (unpaired) electrons. The van der Waals surface area contributed by atoms with Gasteiger partial charge < -0.3 is 5.32 Å². The standard InChI is InChI=1S/C19H17ClN4O2/c20-13-5-7-14(8-6-13)21-18(26)15-11-17(25)23-19(22-15)24-10-9-12-3-1-2-4-16(12)24/h1-8,15H,9-11H2,(H2,21,22,23,25,26)/p+1/t15-/m1/s1. The monoisotopic (exact) mass is 369 g/mol. The highest BCUT2D eigenvalue weighted by Gasteiger charge is 2.36. The van der Waals surface area contributed by atoms with E-state index in [0.717, 1.165) is 18.7 Å². The van der Waals surface area contributed by atoms with Gasteiger partial charge in [0.2, 0.25) is 0 Å². The van der Waals surface area contributed by atoms with Gasteiger partial charge in [-0.15, -0.1) is 0 Å². The first kappa shape index (κ1) is 16.6. The Hall–Kier alpha value is -2.86. The van der Waals surface area contributed by atoms with Gasteiger partial charge in [0.1, 0.15) is 5.69 Å². The van der Waals surface area contributed by atoms with Crippen molar-refractivity contribution in [2.45, 2.75) is 18.9 Å². The van der Waals surface area contributed by atoms with Crippen molar-refractivity contribution >= 4 is 40.7 Å². The maximum atomic E-state index is 12.6. The normalized spacial score (nSPS) is 21.6. The van der Waals surface area contributed by atoms with Gasteiger partial charge in [0.25, 0.3) is 11.8 Å². The average Bonchev–Trinajstić information content (AvgIpc) is 3.07. The molecule has 0 bridgehead atoms. The number of para-hydroxylation sites is 1. The molecule has 4 rings (SSSR count). The van der Waals surface area contributed by atoms with Crippen molar-refractivity contribution in [3.8, 4) is 0 Å². The van der Waals surface area contributed by atoms with Gasteiger partial charge in [-0.05, 0) is 35.9 Å². The van der Waals surface area contributed by atoms with E-state index in [0.29, 0.717) is 16.7 Å². The minimum absolute atomic E-state index is 0.0818. The van der Waals surface area contributed by atoms with Gasteiger partial charge in [0, 0.05) is 17.1 Å². The van der Waals surface area contributed by atoms with Gasteiger partial charge >= 0.3 is 5.96 Å². The molecule has 2 aromatic rings. The maximum absolute atomic E-state index is 12.6. The van der Waals surface area contributed by atoms with Gasteiger partial charge in [-0.3, -0.25) is 14.9 Å². The number of benzene rings is 2. The first-order valence-electron chi connectivity index (χ1n) is 8.45. The van der Waals surface area contributed by atoms with E-state index in [1.54, 1.807) is 24.3 Å². The minimum Gasteiger partial charge on any atom is -0.323 e. The predicted octanol–water partition coefficient (Wildman–Crippen LogP) is 2.01. The molecule has 7 heteroatoms. The van der Waals surface area contributed by atoms with Crippen molar-refractivity contribution < 1.29 is 14.2 Å². The summed E-state index contributed by atoms with van der Waals surface area (Å²) in [6, 6.07) is 14.3. The first-order chi connectivity index (χ1) is 12.6. The Labute approximate surface area is 155 Å². The molecule has 0 aromatic heterocycles. The molecular weight excluding hydrogens is 352 g/mol. The van der Waals surface area contributed by atoms with E-state index in [-0.39, 0.29) is 18.2 Å². The van der Waals surface area contributed by atoms with E-state index >= 15 is 0 Å². The van der Waals surface area contributed by atoms with Crippen LogP contribution in [-0.4, -0.2) is 34.9 Å². The van der Waals surface area contributed by atoms with Crippen molar-refractivity contribution in [1.29, 1.82) is 0 Å². The van der Waals surface area contributed by atoms with Gasteiger partial charge in [-0.25, -0.2) is 9.89 Å². The molecule has 0 spiro atoms. The smallest absolute Gasteiger partial charge is 0.323 e. The van der Waals surface area contributed by atoms with E-state index in [9.17, 15) is 9.59 Å². The highest BCUT2D eigenvalue weighted by atomic mass is 35.5. The van der Waals surface area contributed by atoms with Crippen molar-refractivity contribution in [3.05, 3.63) is 59.1 Å². The van der Waals surface area contributed by atoms with Crippen molar-refractivity contribution in [2.24, 2.45) is 0 Å². The van der Waals surface area contributed by atoms with Crippen molar-refractivity contribution in [1.82, 2.24) is 10.6 Å². The minimum atomic E-state index is -0.637. The molecule has 0 unspecified atom stereocenters. The number of anilines is 1. The van der Waals surface area contributed by atoms with Crippen LogP contribution in [0.1, 0.15) is 12.0 Å². The zero-order valence-corrected chi connectivity index (χ0v) is 14.7. The van der Waals surface area contributed by atoms with Gasteiger partial charge in [0.05, 0.1) is 13.0 Å². The molecule has 3 N–H and O–H groups in total. The van der Waals surface area contributed by atoms with E-state index in [1.807, 2.05) is 22.8 Å². The lowest BCUT2D eigenvalue weighted by molar-refractivity contribution is -0.434. The van der Waals surface area contributed by atoms with Gasteiger partial charge in [-0.1, -0.05) is 29.8 Å². The van der Waals surface area contributed by atoms with Crippen LogP contribution in [0.5, 0.6) is 0 Å². The number of hydrogen-bond acceptors (Lipinski definition) is 2. The second-order valence-corrected chi connectivity index (χ2v) is 6.76. The number of nitrogens with zero attached hydrogens (tertiary/aromatic N) is 1. The summed E-state index contributed by atoms with van der Waals surface area (Å²) in [4.78, 5) is 24.7. The highest BCUT2D eigenvalue weighted by molar-refractivity contribution is 6.30. The number of nitrogens with one attached hydrogen (secondary N) is 3. The van der Waals surface area contributed by atoms with Crippen LogP contribution in [0.4, 0.5) is 11.4 Å². The lowest BCUT2D eigenvalue weighted by Gasteiger charge is -2.21. The number of carbonyl (C=O) groups is 2. The highest BCUT2D eigenvalue weighted by Crippen LogP contribution is 2.25. The molecule has 0 aliphatic carbocycles. The van der Waals surface area contributed by atoms with Crippen molar-refractivity contribution in [3.63, 3.8) is 0 Å². The number of halogens is 1. The lowest BCUT2D eigenvalue weighted by atomic mass is 10.1. The summed E-state index contributed by atoms with van der Waals surface area (Å²) in [6.45, 7) is 0.757. The van der Waals surface area contributed by atoms with Crippen LogP contribution in [0.3, 0.4) is 0 Å². The Balaban J connectivity index is 1.55. The van der Waals surface area contributed by atoms with Crippen molar-refractivity contribution in [2.75, 3.05) is 11.9 Å². The molecule has 2 aliphatic heterocycles. The molecule has 2 heterocycles. The Morgan fingerprint density at radius 2 is 1.92 bits per heavy atom. The summed E-state index contributed by atoms with van der Waals surface area (Å²) in [7, 11) is 0. The van der Waals surface area contributed by atoms with E-state index in [1.165, 1.54) is 5.56 Å². The van der Waals surface area contributed by atoms with Crippen LogP contribution in [0, 0.1) is 0 Å². The average molecular weight is 370 g/mol. The second kappa shape index (κ2) is 6.80. The summed E-state index contributed by atoms with van der Waals surface area (Å²) < 4.78 is 2.01. The zero-order valence-electron chi connectivity index (χ0n) is 14.0. The number of guanidine groups is 1.